The van der Waals surface area contributed by atoms with Gasteiger partial charge in [0.25, 0.3) is 0 Å². The van der Waals surface area contributed by atoms with Crippen LogP contribution in [0.1, 0.15) is 18.4 Å². The Balaban J connectivity index is 1.85. The zero-order valence-corrected chi connectivity index (χ0v) is 13.4. The van der Waals surface area contributed by atoms with Gasteiger partial charge in [0, 0.05) is 37.3 Å². The molecule has 6 heteroatoms. The lowest BCUT2D eigenvalue weighted by Crippen LogP contribution is -2.44. The standard InChI is InChI=1S/C16H24N2O4/c1-20-14-5-4-12(15(10-14)21-2)11-17-13-6-8-18(9-7-13)16(19)22-3/h4-5,10,13,17H,6-9,11H2,1-3H3. The second-order valence-corrected chi connectivity index (χ2v) is 5.29. The lowest BCUT2D eigenvalue weighted by atomic mass is 10.0. The van der Waals surface area contributed by atoms with Crippen LogP contribution in [0, 0.1) is 0 Å². The molecule has 1 aromatic rings. The highest BCUT2D eigenvalue weighted by molar-refractivity contribution is 5.67. The lowest BCUT2D eigenvalue weighted by Gasteiger charge is -2.31. The number of nitrogens with zero attached hydrogens (tertiary/aromatic N) is 1. The van der Waals surface area contributed by atoms with Crippen LogP contribution in [0.25, 0.3) is 0 Å². The summed E-state index contributed by atoms with van der Waals surface area (Å²) in [6, 6.07) is 6.22. The minimum absolute atomic E-state index is 0.240. The van der Waals surface area contributed by atoms with E-state index in [1.807, 2.05) is 18.2 Å². The monoisotopic (exact) mass is 308 g/mol. The predicted octanol–water partition coefficient (Wildman–Crippen LogP) is 2.02. The highest BCUT2D eigenvalue weighted by Gasteiger charge is 2.22. The molecule has 0 bridgehead atoms. The van der Waals surface area contributed by atoms with E-state index in [9.17, 15) is 4.79 Å². The fraction of sp³-hybridized carbons (Fsp3) is 0.562. The third-order valence-corrected chi connectivity index (χ3v) is 4.00. The smallest absolute Gasteiger partial charge is 0.409 e. The number of benzene rings is 1. The van der Waals surface area contributed by atoms with Crippen LogP contribution in [0.2, 0.25) is 0 Å². The molecule has 0 aromatic heterocycles. The molecule has 0 radical (unpaired) electrons. The summed E-state index contributed by atoms with van der Waals surface area (Å²) in [4.78, 5) is 13.2. The molecule has 0 aliphatic carbocycles. The van der Waals surface area contributed by atoms with Crippen molar-refractivity contribution in [3.8, 4) is 11.5 Å². The summed E-state index contributed by atoms with van der Waals surface area (Å²) in [5, 5.41) is 3.53. The van der Waals surface area contributed by atoms with Crippen molar-refractivity contribution in [2.24, 2.45) is 0 Å². The van der Waals surface area contributed by atoms with Gasteiger partial charge in [0.15, 0.2) is 0 Å². The fourth-order valence-electron chi connectivity index (χ4n) is 2.65. The number of piperidine rings is 1. The Labute approximate surface area is 131 Å². The molecule has 0 saturated carbocycles. The van der Waals surface area contributed by atoms with Gasteiger partial charge in [-0.25, -0.2) is 4.79 Å². The second kappa shape index (κ2) is 7.89. The third kappa shape index (κ3) is 4.04. The van der Waals surface area contributed by atoms with Crippen LogP contribution in [0.5, 0.6) is 11.5 Å². The fourth-order valence-corrected chi connectivity index (χ4v) is 2.65. The number of hydrogen-bond donors (Lipinski definition) is 1. The molecule has 1 aromatic carbocycles. The van der Waals surface area contributed by atoms with Crippen molar-refractivity contribution in [3.05, 3.63) is 23.8 Å². The number of methoxy groups -OCH3 is 3. The van der Waals surface area contributed by atoms with Crippen LogP contribution in [0.3, 0.4) is 0 Å². The summed E-state index contributed by atoms with van der Waals surface area (Å²) < 4.78 is 15.3. The highest BCUT2D eigenvalue weighted by atomic mass is 16.5. The first-order chi connectivity index (χ1) is 10.7. The molecule has 1 amide bonds. The average Bonchev–Trinajstić information content (AvgIpc) is 2.59. The molecular formula is C16H24N2O4. The van der Waals surface area contributed by atoms with Gasteiger partial charge >= 0.3 is 6.09 Å². The largest absolute Gasteiger partial charge is 0.497 e. The number of carbonyl (C=O) groups excluding carboxylic acids is 1. The third-order valence-electron chi connectivity index (χ3n) is 4.00. The van der Waals surface area contributed by atoms with Crippen molar-refractivity contribution in [2.75, 3.05) is 34.4 Å². The lowest BCUT2D eigenvalue weighted by molar-refractivity contribution is 0.109. The van der Waals surface area contributed by atoms with E-state index in [-0.39, 0.29) is 6.09 Å². The van der Waals surface area contributed by atoms with E-state index in [1.165, 1.54) is 7.11 Å². The van der Waals surface area contributed by atoms with Crippen molar-refractivity contribution >= 4 is 6.09 Å². The molecule has 122 valence electrons. The van der Waals surface area contributed by atoms with Crippen LogP contribution in [-0.2, 0) is 11.3 Å². The first-order valence-electron chi connectivity index (χ1n) is 7.45. The van der Waals surface area contributed by atoms with Crippen LogP contribution in [0.4, 0.5) is 4.79 Å². The van der Waals surface area contributed by atoms with E-state index in [0.29, 0.717) is 6.04 Å². The van der Waals surface area contributed by atoms with Gasteiger partial charge in [0.1, 0.15) is 11.5 Å². The van der Waals surface area contributed by atoms with Crippen LogP contribution in [0.15, 0.2) is 18.2 Å². The Morgan fingerprint density at radius 1 is 1.23 bits per heavy atom. The summed E-state index contributed by atoms with van der Waals surface area (Å²) >= 11 is 0. The summed E-state index contributed by atoms with van der Waals surface area (Å²) in [7, 11) is 4.72. The minimum Gasteiger partial charge on any atom is -0.497 e. The van der Waals surface area contributed by atoms with Gasteiger partial charge in [-0.2, -0.15) is 0 Å². The van der Waals surface area contributed by atoms with Gasteiger partial charge in [0.2, 0.25) is 0 Å². The first-order valence-corrected chi connectivity index (χ1v) is 7.45. The van der Waals surface area contributed by atoms with Gasteiger partial charge in [0.05, 0.1) is 21.3 Å². The molecule has 1 saturated heterocycles. The number of hydrogen-bond acceptors (Lipinski definition) is 5. The summed E-state index contributed by atoms with van der Waals surface area (Å²) in [6.07, 6.45) is 1.61. The Morgan fingerprint density at radius 3 is 2.55 bits per heavy atom. The minimum atomic E-state index is -0.240. The Hall–Kier alpha value is -1.95. The van der Waals surface area contributed by atoms with E-state index in [0.717, 1.165) is 49.5 Å². The van der Waals surface area contributed by atoms with E-state index in [1.54, 1.807) is 19.1 Å². The van der Waals surface area contributed by atoms with Gasteiger partial charge < -0.3 is 24.4 Å². The van der Waals surface area contributed by atoms with E-state index in [2.05, 4.69) is 5.32 Å². The van der Waals surface area contributed by atoms with Crippen molar-refractivity contribution in [3.63, 3.8) is 0 Å². The molecule has 2 rings (SSSR count). The normalized spacial score (nSPS) is 15.5. The molecule has 1 aliphatic rings. The quantitative estimate of drug-likeness (QED) is 0.902. The zero-order valence-electron chi connectivity index (χ0n) is 13.4. The van der Waals surface area contributed by atoms with Crippen molar-refractivity contribution in [1.82, 2.24) is 10.2 Å². The maximum Gasteiger partial charge on any atom is 0.409 e. The molecule has 22 heavy (non-hydrogen) atoms. The van der Waals surface area contributed by atoms with E-state index >= 15 is 0 Å². The van der Waals surface area contributed by atoms with Gasteiger partial charge in [-0.1, -0.05) is 6.07 Å². The maximum absolute atomic E-state index is 11.5. The summed E-state index contributed by atoms with van der Waals surface area (Å²) in [5.74, 6) is 1.60. The van der Waals surface area contributed by atoms with E-state index < -0.39 is 0 Å². The Bertz CT molecular complexity index is 499. The SMILES string of the molecule is COC(=O)N1CCC(NCc2ccc(OC)cc2OC)CC1. The number of carbonyl (C=O) groups is 1. The van der Waals surface area contributed by atoms with Crippen molar-refractivity contribution in [2.45, 2.75) is 25.4 Å². The van der Waals surface area contributed by atoms with Crippen LogP contribution >= 0.6 is 0 Å². The van der Waals surface area contributed by atoms with Crippen molar-refractivity contribution in [1.29, 1.82) is 0 Å². The number of ether oxygens (including phenoxy) is 3. The molecule has 0 spiro atoms. The van der Waals surface area contributed by atoms with Crippen LogP contribution in [-0.4, -0.2) is 51.5 Å². The number of amides is 1. The summed E-state index contributed by atoms with van der Waals surface area (Å²) in [6.45, 7) is 2.18. The molecule has 1 N–H and O–H groups in total. The molecule has 1 fully saturated rings. The molecule has 1 heterocycles. The number of nitrogens with one attached hydrogen (secondary N) is 1. The van der Waals surface area contributed by atoms with Gasteiger partial charge in [-0.3, -0.25) is 0 Å². The maximum atomic E-state index is 11.5. The predicted molar refractivity (Wildman–Crippen MR) is 83.4 cm³/mol. The second-order valence-electron chi connectivity index (χ2n) is 5.29. The van der Waals surface area contributed by atoms with E-state index in [4.69, 9.17) is 14.2 Å². The van der Waals surface area contributed by atoms with Crippen molar-refractivity contribution < 1.29 is 19.0 Å². The Morgan fingerprint density at radius 2 is 1.95 bits per heavy atom. The average molecular weight is 308 g/mol. The zero-order chi connectivity index (χ0) is 15.9. The number of rotatable bonds is 5. The molecule has 0 atom stereocenters. The topological polar surface area (TPSA) is 60.0 Å². The Kier molecular flexibility index (Phi) is 5.89. The molecule has 1 aliphatic heterocycles. The first kappa shape index (κ1) is 16.4. The molecule has 6 nitrogen and oxygen atoms in total. The van der Waals surface area contributed by atoms with Gasteiger partial charge in [-0.15, -0.1) is 0 Å². The molecule has 0 unspecified atom stereocenters. The highest BCUT2D eigenvalue weighted by Crippen LogP contribution is 2.24. The molecular weight excluding hydrogens is 284 g/mol. The van der Waals surface area contributed by atoms with Gasteiger partial charge in [-0.05, 0) is 18.9 Å². The van der Waals surface area contributed by atoms with Crippen LogP contribution < -0.4 is 14.8 Å². The number of likely N-dealkylation sites (tertiary alicyclic amines) is 1. The summed E-state index contributed by atoms with van der Waals surface area (Å²) in [5.41, 5.74) is 1.10.